The highest BCUT2D eigenvalue weighted by atomic mass is 35.5. The van der Waals surface area contributed by atoms with E-state index in [0.29, 0.717) is 5.56 Å². The largest absolute Gasteiger partial charge is 0.340 e. The third-order valence-electron chi connectivity index (χ3n) is 4.04. The van der Waals surface area contributed by atoms with Crippen molar-refractivity contribution in [2.24, 2.45) is 5.92 Å². The SMILES string of the molecule is Cc1ccccc1C(=O)NC(C(=O)NNC(=O)c1ccccc1Cl)C(C)C. The lowest BCUT2D eigenvalue weighted by Gasteiger charge is -2.22. The van der Waals surface area contributed by atoms with E-state index in [2.05, 4.69) is 16.2 Å². The normalized spacial score (nSPS) is 11.6. The summed E-state index contributed by atoms with van der Waals surface area (Å²) in [6, 6.07) is 12.8. The molecule has 3 amide bonds. The van der Waals surface area contributed by atoms with E-state index in [1.54, 1.807) is 50.2 Å². The third kappa shape index (κ3) is 5.31. The molecule has 0 aromatic heterocycles. The molecule has 0 fully saturated rings. The molecule has 1 atom stereocenters. The molecule has 0 aliphatic carbocycles. The molecule has 27 heavy (non-hydrogen) atoms. The van der Waals surface area contributed by atoms with Crippen LogP contribution < -0.4 is 16.2 Å². The van der Waals surface area contributed by atoms with Gasteiger partial charge in [-0.05, 0) is 36.6 Å². The van der Waals surface area contributed by atoms with E-state index in [1.165, 1.54) is 0 Å². The molecule has 0 spiro atoms. The molecule has 0 aliphatic rings. The molecular weight excluding hydrogens is 366 g/mol. The molecule has 0 heterocycles. The Labute approximate surface area is 163 Å². The lowest BCUT2D eigenvalue weighted by atomic mass is 10.0. The number of amides is 3. The van der Waals surface area contributed by atoms with Crippen molar-refractivity contribution in [1.82, 2.24) is 16.2 Å². The summed E-state index contributed by atoms with van der Waals surface area (Å²) in [6.45, 7) is 5.43. The van der Waals surface area contributed by atoms with E-state index in [-0.39, 0.29) is 22.4 Å². The first-order chi connectivity index (χ1) is 12.8. The van der Waals surface area contributed by atoms with Gasteiger partial charge in [-0.3, -0.25) is 25.2 Å². The van der Waals surface area contributed by atoms with Crippen LogP contribution in [0.5, 0.6) is 0 Å². The molecule has 2 aromatic rings. The van der Waals surface area contributed by atoms with Crippen molar-refractivity contribution in [2.45, 2.75) is 26.8 Å². The maximum atomic E-state index is 12.5. The number of carbonyl (C=O) groups is 3. The van der Waals surface area contributed by atoms with Gasteiger partial charge in [-0.2, -0.15) is 0 Å². The molecule has 0 aliphatic heterocycles. The maximum Gasteiger partial charge on any atom is 0.271 e. The van der Waals surface area contributed by atoms with Gasteiger partial charge in [0.25, 0.3) is 17.7 Å². The molecule has 7 heteroatoms. The Balaban J connectivity index is 2.03. The Morgan fingerprint density at radius 3 is 2.04 bits per heavy atom. The van der Waals surface area contributed by atoms with E-state index < -0.39 is 17.9 Å². The second-order valence-electron chi connectivity index (χ2n) is 6.43. The molecule has 2 rings (SSSR count). The number of rotatable bonds is 5. The predicted octanol–water partition coefficient (Wildman–Crippen LogP) is 2.86. The average molecular weight is 388 g/mol. The summed E-state index contributed by atoms with van der Waals surface area (Å²) in [5, 5.41) is 3.00. The summed E-state index contributed by atoms with van der Waals surface area (Å²) >= 11 is 5.97. The second-order valence-corrected chi connectivity index (χ2v) is 6.84. The Morgan fingerprint density at radius 1 is 0.852 bits per heavy atom. The Kier molecular flexibility index (Phi) is 6.96. The van der Waals surface area contributed by atoms with Gasteiger partial charge in [-0.15, -0.1) is 0 Å². The average Bonchev–Trinajstić information content (AvgIpc) is 2.64. The first kappa shape index (κ1) is 20.5. The first-order valence-corrected chi connectivity index (χ1v) is 8.90. The van der Waals surface area contributed by atoms with Gasteiger partial charge in [0.15, 0.2) is 0 Å². The lowest BCUT2D eigenvalue weighted by Crippen LogP contribution is -2.54. The van der Waals surface area contributed by atoms with Crippen molar-refractivity contribution in [3.05, 3.63) is 70.2 Å². The van der Waals surface area contributed by atoms with Crippen LogP contribution in [0.4, 0.5) is 0 Å². The number of aryl methyl sites for hydroxylation is 1. The van der Waals surface area contributed by atoms with E-state index in [9.17, 15) is 14.4 Å². The summed E-state index contributed by atoms with van der Waals surface area (Å²) in [5.74, 6) is -1.59. The molecule has 6 nitrogen and oxygen atoms in total. The van der Waals surface area contributed by atoms with Crippen molar-refractivity contribution in [1.29, 1.82) is 0 Å². The van der Waals surface area contributed by atoms with E-state index in [4.69, 9.17) is 11.6 Å². The number of halogens is 1. The zero-order valence-corrected chi connectivity index (χ0v) is 16.1. The van der Waals surface area contributed by atoms with Crippen LogP contribution >= 0.6 is 11.6 Å². The molecule has 0 radical (unpaired) electrons. The van der Waals surface area contributed by atoms with Crippen LogP contribution in [0.1, 0.15) is 40.1 Å². The number of nitrogens with one attached hydrogen (secondary N) is 3. The lowest BCUT2D eigenvalue weighted by molar-refractivity contribution is -0.124. The van der Waals surface area contributed by atoms with Gasteiger partial charge >= 0.3 is 0 Å². The fourth-order valence-electron chi connectivity index (χ4n) is 2.49. The molecule has 142 valence electrons. The highest BCUT2D eigenvalue weighted by Crippen LogP contribution is 2.14. The van der Waals surface area contributed by atoms with Gasteiger partial charge in [-0.1, -0.05) is 55.8 Å². The summed E-state index contributed by atoms with van der Waals surface area (Å²) < 4.78 is 0. The van der Waals surface area contributed by atoms with E-state index in [1.807, 2.05) is 19.1 Å². The van der Waals surface area contributed by atoms with E-state index in [0.717, 1.165) is 5.56 Å². The predicted molar refractivity (Wildman–Crippen MR) is 104 cm³/mol. The number of carbonyl (C=O) groups excluding carboxylic acids is 3. The number of hydrazine groups is 1. The Bertz CT molecular complexity index is 852. The van der Waals surface area contributed by atoms with Crippen LogP contribution in [0.25, 0.3) is 0 Å². The van der Waals surface area contributed by atoms with Gasteiger partial charge < -0.3 is 5.32 Å². The number of hydrogen-bond donors (Lipinski definition) is 3. The van der Waals surface area contributed by atoms with E-state index >= 15 is 0 Å². The zero-order valence-electron chi connectivity index (χ0n) is 15.4. The van der Waals surface area contributed by atoms with Crippen LogP contribution in [-0.4, -0.2) is 23.8 Å². The monoisotopic (exact) mass is 387 g/mol. The third-order valence-corrected chi connectivity index (χ3v) is 4.37. The van der Waals surface area contributed by atoms with Gasteiger partial charge in [0.05, 0.1) is 10.6 Å². The highest BCUT2D eigenvalue weighted by Gasteiger charge is 2.25. The first-order valence-electron chi connectivity index (χ1n) is 8.52. The minimum absolute atomic E-state index is 0.185. The van der Waals surface area contributed by atoms with Crippen molar-refractivity contribution in [3.63, 3.8) is 0 Å². The fourth-order valence-corrected chi connectivity index (χ4v) is 2.71. The minimum atomic E-state index is -0.816. The van der Waals surface area contributed by atoms with Crippen molar-refractivity contribution < 1.29 is 14.4 Å². The summed E-state index contributed by atoms with van der Waals surface area (Å²) in [4.78, 5) is 37.1. The second kappa shape index (κ2) is 9.19. The van der Waals surface area contributed by atoms with Crippen LogP contribution in [0, 0.1) is 12.8 Å². The summed E-state index contributed by atoms with van der Waals surface area (Å²) in [6.07, 6.45) is 0. The highest BCUT2D eigenvalue weighted by molar-refractivity contribution is 6.33. The molecular formula is C20H22ClN3O3. The van der Waals surface area contributed by atoms with Crippen LogP contribution in [0.2, 0.25) is 5.02 Å². The topological polar surface area (TPSA) is 87.3 Å². The van der Waals surface area contributed by atoms with Crippen LogP contribution in [0.3, 0.4) is 0 Å². The fraction of sp³-hybridized carbons (Fsp3) is 0.250. The standard InChI is InChI=1S/C20H22ClN3O3/c1-12(2)17(22-18(25)14-9-5-4-8-13(14)3)20(27)24-23-19(26)15-10-6-7-11-16(15)21/h4-12,17H,1-3H3,(H,22,25)(H,23,26)(H,24,27). The number of hydrogen-bond acceptors (Lipinski definition) is 3. The maximum absolute atomic E-state index is 12.5. The summed E-state index contributed by atoms with van der Waals surface area (Å²) in [5.41, 5.74) is 6.22. The van der Waals surface area contributed by atoms with Crippen molar-refractivity contribution in [2.75, 3.05) is 0 Å². The Hall–Kier alpha value is -2.86. The minimum Gasteiger partial charge on any atom is -0.340 e. The zero-order chi connectivity index (χ0) is 20.0. The van der Waals surface area contributed by atoms with Gasteiger partial charge in [0.2, 0.25) is 0 Å². The van der Waals surface area contributed by atoms with Crippen molar-refractivity contribution >= 4 is 29.3 Å². The quantitative estimate of drug-likeness (QED) is 0.689. The number of benzene rings is 2. The molecule has 0 saturated heterocycles. The smallest absolute Gasteiger partial charge is 0.271 e. The molecule has 0 bridgehead atoms. The van der Waals surface area contributed by atoms with Gasteiger partial charge in [-0.25, -0.2) is 0 Å². The van der Waals surface area contributed by atoms with Crippen LogP contribution in [-0.2, 0) is 4.79 Å². The summed E-state index contributed by atoms with van der Waals surface area (Å²) in [7, 11) is 0. The molecule has 0 saturated carbocycles. The Morgan fingerprint density at radius 2 is 1.44 bits per heavy atom. The molecule has 1 unspecified atom stereocenters. The van der Waals surface area contributed by atoms with Gasteiger partial charge in [0, 0.05) is 5.56 Å². The van der Waals surface area contributed by atoms with Crippen LogP contribution in [0.15, 0.2) is 48.5 Å². The molecule has 3 N–H and O–H groups in total. The van der Waals surface area contributed by atoms with Crippen molar-refractivity contribution in [3.8, 4) is 0 Å². The van der Waals surface area contributed by atoms with Gasteiger partial charge in [0.1, 0.15) is 6.04 Å². The molecule has 2 aromatic carbocycles.